The number of rotatable bonds is 7. The standard InChI is InChI=1S/C11H15BrClNO4S2/c1-6(2)3-7(11(15)16)5-14-20(17,18)9-4-8(13)10(12)19-9/h4,6-7,14H,3,5H2,1-2H3,(H,15,16). The molecule has 1 aromatic heterocycles. The van der Waals surface area contributed by atoms with E-state index in [1.807, 2.05) is 13.8 Å². The van der Waals surface area contributed by atoms with Crippen molar-refractivity contribution in [2.45, 2.75) is 24.5 Å². The molecule has 0 radical (unpaired) electrons. The number of carboxylic acid groups (broad SMARTS) is 1. The Labute approximate surface area is 135 Å². The molecule has 1 aromatic rings. The summed E-state index contributed by atoms with van der Waals surface area (Å²) in [4.78, 5) is 11.1. The van der Waals surface area contributed by atoms with Crippen LogP contribution in [0.3, 0.4) is 0 Å². The highest BCUT2D eigenvalue weighted by Crippen LogP contribution is 2.34. The van der Waals surface area contributed by atoms with Crippen LogP contribution in [0.2, 0.25) is 5.02 Å². The quantitative estimate of drug-likeness (QED) is 0.731. The van der Waals surface area contributed by atoms with E-state index in [9.17, 15) is 13.2 Å². The van der Waals surface area contributed by atoms with Crippen molar-refractivity contribution in [3.05, 3.63) is 14.9 Å². The Morgan fingerprint density at radius 3 is 2.55 bits per heavy atom. The lowest BCUT2D eigenvalue weighted by molar-refractivity contribution is -0.142. The molecule has 20 heavy (non-hydrogen) atoms. The zero-order valence-electron chi connectivity index (χ0n) is 10.9. The van der Waals surface area contributed by atoms with Gasteiger partial charge in [-0.05, 0) is 34.3 Å². The van der Waals surface area contributed by atoms with Crippen molar-refractivity contribution in [1.82, 2.24) is 4.72 Å². The number of hydrogen-bond acceptors (Lipinski definition) is 4. The van der Waals surface area contributed by atoms with Crippen LogP contribution in [-0.2, 0) is 14.8 Å². The van der Waals surface area contributed by atoms with Crippen molar-refractivity contribution >= 4 is 54.9 Å². The highest BCUT2D eigenvalue weighted by Gasteiger charge is 2.24. The molecule has 9 heteroatoms. The van der Waals surface area contributed by atoms with Gasteiger partial charge in [0, 0.05) is 6.54 Å². The minimum atomic E-state index is -3.74. The summed E-state index contributed by atoms with van der Waals surface area (Å²) < 4.78 is 27.0. The first kappa shape index (κ1) is 17.9. The Balaban J connectivity index is 2.78. The fourth-order valence-electron chi connectivity index (χ4n) is 1.58. The summed E-state index contributed by atoms with van der Waals surface area (Å²) in [5, 5.41) is 9.39. The van der Waals surface area contributed by atoms with E-state index in [4.69, 9.17) is 16.7 Å². The summed E-state index contributed by atoms with van der Waals surface area (Å²) in [6.45, 7) is 3.64. The summed E-state index contributed by atoms with van der Waals surface area (Å²) >= 11 is 9.92. The Morgan fingerprint density at radius 1 is 1.55 bits per heavy atom. The molecular weight excluding hydrogens is 390 g/mol. The first-order chi connectivity index (χ1) is 9.13. The second-order valence-electron chi connectivity index (χ2n) is 4.70. The van der Waals surface area contributed by atoms with Gasteiger partial charge in [0.05, 0.1) is 14.7 Å². The Kier molecular flexibility index (Phi) is 6.46. The molecule has 0 amide bonds. The summed E-state index contributed by atoms with van der Waals surface area (Å²) in [7, 11) is -3.74. The summed E-state index contributed by atoms with van der Waals surface area (Å²) in [6.07, 6.45) is 0.409. The van der Waals surface area contributed by atoms with Crippen LogP contribution in [-0.4, -0.2) is 26.0 Å². The maximum Gasteiger partial charge on any atom is 0.307 e. The van der Waals surface area contributed by atoms with Crippen LogP contribution >= 0.6 is 38.9 Å². The lowest BCUT2D eigenvalue weighted by Crippen LogP contribution is -2.33. The Morgan fingerprint density at radius 2 is 2.15 bits per heavy atom. The first-order valence-corrected chi connectivity index (χ1v) is 9.28. The molecule has 0 bridgehead atoms. The van der Waals surface area contributed by atoms with Gasteiger partial charge in [-0.3, -0.25) is 4.79 Å². The molecule has 1 heterocycles. The molecular formula is C11H15BrClNO4S2. The number of nitrogens with one attached hydrogen (secondary N) is 1. The molecule has 1 atom stereocenters. The van der Waals surface area contributed by atoms with Gasteiger partial charge in [-0.2, -0.15) is 0 Å². The van der Waals surface area contributed by atoms with Crippen molar-refractivity contribution in [2.24, 2.45) is 11.8 Å². The molecule has 1 unspecified atom stereocenters. The fraction of sp³-hybridized carbons (Fsp3) is 0.545. The third-order valence-corrected chi connectivity index (χ3v) is 6.88. The molecule has 0 spiro atoms. The Bertz CT molecular complexity index is 566. The van der Waals surface area contributed by atoms with Crippen molar-refractivity contribution in [3.8, 4) is 0 Å². The van der Waals surface area contributed by atoms with Crippen LogP contribution < -0.4 is 4.72 Å². The van der Waals surface area contributed by atoms with Gasteiger partial charge in [0.1, 0.15) is 4.21 Å². The SMILES string of the molecule is CC(C)CC(CNS(=O)(=O)c1cc(Cl)c(Br)s1)C(=O)O. The third-order valence-electron chi connectivity index (χ3n) is 2.51. The van der Waals surface area contributed by atoms with E-state index in [0.717, 1.165) is 11.3 Å². The van der Waals surface area contributed by atoms with E-state index in [1.54, 1.807) is 0 Å². The predicted octanol–water partition coefficient (Wildman–Crippen LogP) is 3.19. The third kappa shape index (κ3) is 5.00. The number of hydrogen-bond donors (Lipinski definition) is 2. The van der Waals surface area contributed by atoms with E-state index in [1.165, 1.54) is 6.07 Å². The largest absolute Gasteiger partial charge is 0.481 e. The maximum atomic E-state index is 12.0. The zero-order chi connectivity index (χ0) is 15.5. The number of aliphatic carboxylic acids is 1. The zero-order valence-corrected chi connectivity index (χ0v) is 14.9. The van der Waals surface area contributed by atoms with Crippen LogP contribution in [0.25, 0.3) is 0 Å². The van der Waals surface area contributed by atoms with Crippen LogP contribution in [0.15, 0.2) is 14.1 Å². The summed E-state index contributed by atoms with van der Waals surface area (Å²) in [5.41, 5.74) is 0. The summed E-state index contributed by atoms with van der Waals surface area (Å²) in [6, 6.07) is 1.33. The van der Waals surface area contributed by atoms with Crippen LogP contribution in [0.5, 0.6) is 0 Å². The number of carboxylic acids is 1. The lowest BCUT2D eigenvalue weighted by Gasteiger charge is -2.15. The molecule has 0 saturated heterocycles. The van der Waals surface area contributed by atoms with Crippen molar-refractivity contribution in [1.29, 1.82) is 0 Å². The Hall–Kier alpha value is -0.150. The van der Waals surface area contributed by atoms with Gasteiger partial charge < -0.3 is 5.11 Å². The van der Waals surface area contributed by atoms with Gasteiger partial charge >= 0.3 is 5.97 Å². The first-order valence-electron chi connectivity index (χ1n) is 5.80. The molecule has 0 saturated carbocycles. The fourth-order valence-corrected chi connectivity index (χ4v) is 5.11. The monoisotopic (exact) mass is 403 g/mol. The average molecular weight is 405 g/mol. The topological polar surface area (TPSA) is 83.5 Å². The molecule has 0 aliphatic heterocycles. The van der Waals surface area contributed by atoms with Gasteiger partial charge in [-0.1, -0.05) is 25.4 Å². The number of carbonyl (C=O) groups is 1. The van der Waals surface area contributed by atoms with E-state index >= 15 is 0 Å². The van der Waals surface area contributed by atoms with E-state index < -0.39 is 21.9 Å². The van der Waals surface area contributed by atoms with Gasteiger partial charge in [0.2, 0.25) is 10.0 Å². The average Bonchev–Trinajstić information content (AvgIpc) is 2.65. The normalized spacial score (nSPS) is 13.7. The minimum Gasteiger partial charge on any atom is -0.481 e. The molecule has 2 N–H and O–H groups in total. The molecule has 0 fully saturated rings. The molecule has 0 aliphatic carbocycles. The lowest BCUT2D eigenvalue weighted by atomic mass is 9.98. The maximum absolute atomic E-state index is 12.0. The van der Waals surface area contributed by atoms with E-state index in [0.29, 0.717) is 15.2 Å². The second-order valence-corrected chi connectivity index (χ2v) is 9.47. The number of thiophene rings is 1. The van der Waals surface area contributed by atoms with Crippen molar-refractivity contribution in [2.75, 3.05) is 6.54 Å². The van der Waals surface area contributed by atoms with Crippen molar-refractivity contribution in [3.63, 3.8) is 0 Å². The van der Waals surface area contributed by atoms with Crippen LogP contribution in [0.4, 0.5) is 0 Å². The van der Waals surface area contributed by atoms with Crippen molar-refractivity contribution < 1.29 is 18.3 Å². The molecule has 0 aromatic carbocycles. The highest BCUT2D eigenvalue weighted by atomic mass is 79.9. The van der Waals surface area contributed by atoms with Gasteiger partial charge in [0.25, 0.3) is 0 Å². The number of halogens is 2. The second kappa shape index (κ2) is 7.22. The molecule has 0 aliphatic rings. The van der Waals surface area contributed by atoms with Gasteiger partial charge in [-0.25, -0.2) is 13.1 Å². The van der Waals surface area contributed by atoms with Crippen LogP contribution in [0, 0.1) is 11.8 Å². The molecule has 1 rings (SSSR count). The molecule has 114 valence electrons. The molecule has 5 nitrogen and oxygen atoms in total. The summed E-state index contributed by atoms with van der Waals surface area (Å²) in [5.74, 6) is -1.58. The van der Waals surface area contributed by atoms with Gasteiger partial charge in [0.15, 0.2) is 0 Å². The minimum absolute atomic E-state index is 0.0584. The number of sulfonamides is 1. The van der Waals surface area contributed by atoms with Crippen LogP contribution in [0.1, 0.15) is 20.3 Å². The smallest absolute Gasteiger partial charge is 0.307 e. The van der Waals surface area contributed by atoms with E-state index in [2.05, 4.69) is 20.7 Å². The van der Waals surface area contributed by atoms with E-state index in [-0.39, 0.29) is 16.7 Å². The highest BCUT2D eigenvalue weighted by molar-refractivity contribution is 9.11. The predicted molar refractivity (Wildman–Crippen MR) is 82.8 cm³/mol. The van der Waals surface area contributed by atoms with Gasteiger partial charge in [-0.15, -0.1) is 11.3 Å².